The van der Waals surface area contributed by atoms with Crippen molar-refractivity contribution in [3.63, 3.8) is 0 Å². The van der Waals surface area contributed by atoms with Gasteiger partial charge in [-0.2, -0.15) is 10.2 Å². The van der Waals surface area contributed by atoms with Crippen LogP contribution in [0.15, 0.2) is 52.9 Å². The summed E-state index contributed by atoms with van der Waals surface area (Å²) in [7, 11) is 1.62. The number of methoxy groups -OCH3 is 1. The fourth-order valence-corrected chi connectivity index (χ4v) is 2.38. The molecule has 1 heterocycles. The number of nitriles is 1. The van der Waals surface area contributed by atoms with Gasteiger partial charge in [0, 0.05) is 17.1 Å². The quantitative estimate of drug-likeness (QED) is 0.741. The molecular weight excluding hydrogens is 326 g/mol. The first-order chi connectivity index (χ1) is 11.7. The Labute approximate surface area is 144 Å². The SMILES string of the molecule is COc1ccc(CNc2oc(-c3cccc(Cl)c3)nc2C#N)cc1. The van der Waals surface area contributed by atoms with Crippen molar-refractivity contribution in [3.05, 3.63) is 64.8 Å². The lowest BCUT2D eigenvalue weighted by atomic mass is 10.2. The van der Waals surface area contributed by atoms with E-state index in [-0.39, 0.29) is 5.69 Å². The molecule has 0 amide bonds. The van der Waals surface area contributed by atoms with E-state index in [0.717, 1.165) is 16.9 Å². The third-order valence-corrected chi connectivity index (χ3v) is 3.65. The van der Waals surface area contributed by atoms with Crippen molar-refractivity contribution < 1.29 is 9.15 Å². The van der Waals surface area contributed by atoms with Gasteiger partial charge in [-0.3, -0.25) is 0 Å². The van der Waals surface area contributed by atoms with Gasteiger partial charge in [0.2, 0.25) is 17.5 Å². The zero-order chi connectivity index (χ0) is 16.9. The zero-order valence-corrected chi connectivity index (χ0v) is 13.7. The maximum Gasteiger partial charge on any atom is 0.232 e. The zero-order valence-electron chi connectivity index (χ0n) is 12.9. The molecule has 0 radical (unpaired) electrons. The molecule has 0 atom stereocenters. The summed E-state index contributed by atoms with van der Waals surface area (Å²) in [5.41, 5.74) is 1.95. The number of aromatic nitrogens is 1. The van der Waals surface area contributed by atoms with Crippen molar-refractivity contribution in [3.8, 4) is 23.3 Å². The van der Waals surface area contributed by atoms with Gasteiger partial charge in [0.25, 0.3) is 0 Å². The van der Waals surface area contributed by atoms with E-state index in [1.807, 2.05) is 36.4 Å². The van der Waals surface area contributed by atoms with Gasteiger partial charge in [-0.25, -0.2) is 0 Å². The van der Waals surface area contributed by atoms with Crippen LogP contribution in [-0.4, -0.2) is 12.1 Å². The summed E-state index contributed by atoms with van der Waals surface area (Å²) < 4.78 is 10.8. The number of halogens is 1. The Balaban J connectivity index is 1.79. The van der Waals surface area contributed by atoms with Crippen LogP contribution in [0.1, 0.15) is 11.3 Å². The molecule has 0 aliphatic heterocycles. The molecule has 0 saturated heterocycles. The maximum absolute atomic E-state index is 9.24. The highest BCUT2D eigenvalue weighted by atomic mass is 35.5. The molecule has 0 spiro atoms. The van der Waals surface area contributed by atoms with Gasteiger partial charge in [-0.05, 0) is 35.9 Å². The number of rotatable bonds is 5. The fraction of sp³-hybridized carbons (Fsp3) is 0.111. The number of hydrogen-bond acceptors (Lipinski definition) is 5. The Morgan fingerprint density at radius 3 is 2.71 bits per heavy atom. The Morgan fingerprint density at radius 2 is 2.04 bits per heavy atom. The van der Waals surface area contributed by atoms with E-state index in [1.54, 1.807) is 25.3 Å². The molecule has 0 bridgehead atoms. The van der Waals surface area contributed by atoms with Crippen molar-refractivity contribution >= 4 is 17.5 Å². The first kappa shape index (κ1) is 15.9. The molecule has 0 unspecified atom stereocenters. The summed E-state index contributed by atoms with van der Waals surface area (Å²) in [6.45, 7) is 0.503. The molecule has 120 valence electrons. The second-order valence-corrected chi connectivity index (χ2v) is 5.46. The average molecular weight is 340 g/mol. The standard InChI is InChI=1S/C18H14ClN3O2/c1-23-15-7-5-12(6-8-15)11-21-18-16(10-20)22-17(24-18)13-3-2-4-14(19)9-13/h2-9,21H,11H2,1H3. The largest absolute Gasteiger partial charge is 0.497 e. The third-order valence-electron chi connectivity index (χ3n) is 3.42. The van der Waals surface area contributed by atoms with E-state index in [9.17, 15) is 5.26 Å². The van der Waals surface area contributed by atoms with E-state index in [1.165, 1.54) is 0 Å². The van der Waals surface area contributed by atoms with Crippen LogP contribution < -0.4 is 10.1 Å². The molecule has 0 aliphatic rings. The predicted molar refractivity (Wildman–Crippen MR) is 92.0 cm³/mol. The number of oxazole rings is 1. The van der Waals surface area contributed by atoms with Crippen molar-refractivity contribution in [1.82, 2.24) is 4.98 Å². The van der Waals surface area contributed by atoms with Crippen LogP contribution in [0.3, 0.4) is 0 Å². The van der Waals surface area contributed by atoms with E-state index >= 15 is 0 Å². The van der Waals surface area contributed by atoms with Crippen LogP contribution in [0.4, 0.5) is 5.88 Å². The molecule has 6 heteroatoms. The summed E-state index contributed by atoms with van der Waals surface area (Å²) in [5.74, 6) is 1.48. The first-order valence-corrected chi connectivity index (χ1v) is 7.61. The molecule has 5 nitrogen and oxygen atoms in total. The van der Waals surface area contributed by atoms with E-state index < -0.39 is 0 Å². The molecule has 3 aromatic rings. The number of nitrogens with zero attached hydrogens (tertiary/aromatic N) is 2. The maximum atomic E-state index is 9.24. The van der Waals surface area contributed by atoms with Crippen LogP contribution in [0.2, 0.25) is 5.02 Å². The molecule has 3 rings (SSSR count). The van der Waals surface area contributed by atoms with E-state index in [4.69, 9.17) is 20.8 Å². The Kier molecular flexibility index (Phi) is 4.69. The number of hydrogen-bond donors (Lipinski definition) is 1. The summed E-state index contributed by atoms with van der Waals surface area (Å²) in [4.78, 5) is 4.21. The summed E-state index contributed by atoms with van der Waals surface area (Å²) >= 11 is 5.98. The monoisotopic (exact) mass is 339 g/mol. The van der Waals surface area contributed by atoms with Crippen LogP contribution in [0, 0.1) is 11.3 Å². The molecule has 2 aromatic carbocycles. The molecule has 0 saturated carbocycles. The molecule has 24 heavy (non-hydrogen) atoms. The number of benzene rings is 2. The van der Waals surface area contributed by atoms with Crippen LogP contribution in [-0.2, 0) is 6.54 Å². The van der Waals surface area contributed by atoms with Gasteiger partial charge in [-0.15, -0.1) is 0 Å². The van der Waals surface area contributed by atoms with Gasteiger partial charge >= 0.3 is 0 Å². The smallest absolute Gasteiger partial charge is 0.232 e. The van der Waals surface area contributed by atoms with Gasteiger partial charge in [0.15, 0.2) is 0 Å². The van der Waals surface area contributed by atoms with Crippen molar-refractivity contribution in [1.29, 1.82) is 5.26 Å². The highest BCUT2D eigenvalue weighted by Gasteiger charge is 2.14. The molecule has 0 aliphatic carbocycles. The average Bonchev–Trinajstić information content (AvgIpc) is 3.04. The lowest BCUT2D eigenvalue weighted by Gasteiger charge is -2.04. The number of anilines is 1. The predicted octanol–water partition coefficient (Wildman–Crippen LogP) is 4.49. The van der Waals surface area contributed by atoms with Gasteiger partial charge in [-0.1, -0.05) is 29.8 Å². The fourth-order valence-electron chi connectivity index (χ4n) is 2.19. The van der Waals surface area contributed by atoms with Crippen LogP contribution in [0.25, 0.3) is 11.5 Å². The molecule has 1 N–H and O–H groups in total. The van der Waals surface area contributed by atoms with Crippen LogP contribution >= 0.6 is 11.6 Å². The van der Waals surface area contributed by atoms with Crippen molar-refractivity contribution in [2.45, 2.75) is 6.54 Å². The third kappa shape index (κ3) is 3.50. The molecule has 0 fully saturated rings. The normalized spacial score (nSPS) is 10.2. The Morgan fingerprint density at radius 1 is 1.25 bits per heavy atom. The van der Waals surface area contributed by atoms with Crippen molar-refractivity contribution in [2.24, 2.45) is 0 Å². The second-order valence-electron chi connectivity index (χ2n) is 5.02. The van der Waals surface area contributed by atoms with Crippen LogP contribution in [0.5, 0.6) is 5.75 Å². The lowest BCUT2D eigenvalue weighted by Crippen LogP contribution is -1.99. The summed E-state index contributed by atoms with van der Waals surface area (Å²) in [5, 5.41) is 12.9. The minimum Gasteiger partial charge on any atom is -0.497 e. The highest BCUT2D eigenvalue weighted by Crippen LogP contribution is 2.27. The molecular formula is C18H14ClN3O2. The van der Waals surface area contributed by atoms with Crippen molar-refractivity contribution in [2.75, 3.05) is 12.4 Å². The minimum atomic E-state index is 0.207. The Bertz CT molecular complexity index is 882. The first-order valence-electron chi connectivity index (χ1n) is 7.23. The van der Waals surface area contributed by atoms with E-state index in [0.29, 0.717) is 23.3 Å². The molecule has 1 aromatic heterocycles. The number of ether oxygens (including phenoxy) is 1. The lowest BCUT2D eigenvalue weighted by molar-refractivity contribution is 0.414. The van der Waals surface area contributed by atoms with Gasteiger partial charge in [0.05, 0.1) is 7.11 Å². The highest BCUT2D eigenvalue weighted by molar-refractivity contribution is 6.30. The second kappa shape index (κ2) is 7.07. The summed E-state index contributed by atoms with van der Waals surface area (Å²) in [6.07, 6.45) is 0. The Hall–Kier alpha value is -2.97. The van der Waals surface area contributed by atoms with E-state index in [2.05, 4.69) is 10.3 Å². The summed E-state index contributed by atoms with van der Waals surface area (Å²) in [6, 6.07) is 16.8. The topological polar surface area (TPSA) is 71.1 Å². The number of nitrogens with one attached hydrogen (secondary N) is 1. The minimum absolute atomic E-state index is 0.207. The van der Waals surface area contributed by atoms with Gasteiger partial charge < -0.3 is 14.5 Å². The van der Waals surface area contributed by atoms with Gasteiger partial charge in [0.1, 0.15) is 11.8 Å².